The molecule has 1 aromatic carbocycles. The molecule has 0 aliphatic heterocycles. The topological polar surface area (TPSA) is 39.1 Å². The van der Waals surface area contributed by atoms with Crippen LogP contribution in [0.3, 0.4) is 0 Å². The minimum Gasteiger partial charge on any atom is -0.244 e. The smallest absolute Gasteiger partial charge is 0.244 e. The number of nitrogens with zero attached hydrogens (tertiary/aromatic N) is 1. The Morgan fingerprint density at radius 3 is 2.64 bits per heavy atom. The lowest BCUT2D eigenvalue weighted by molar-refractivity contribution is 0.554. The van der Waals surface area contributed by atoms with Crippen molar-refractivity contribution in [1.29, 1.82) is 0 Å². The molecule has 116 valence electrons. The van der Waals surface area contributed by atoms with E-state index in [0.717, 1.165) is 26.5 Å². The van der Waals surface area contributed by atoms with Crippen LogP contribution in [0.2, 0.25) is 0 Å². The number of fused-ring (bicyclic) bond motifs is 1. The molecule has 0 N–H and O–H groups in total. The van der Waals surface area contributed by atoms with Crippen molar-refractivity contribution in [3.8, 4) is 0 Å². The first-order chi connectivity index (χ1) is 10.3. The average molecular weight is 380 g/mol. The number of allylic oxidation sites excluding steroid dienone is 3. The van der Waals surface area contributed by atoms with Gasteiger partial charge in [-0.1, -0.05) is 46.3 Å². The summed E-state index contributed by atoms with van der Waals surface area (Å²) < 4.78 is 28.0. The summed E-state index contributed by atoms with van der Waals surface area (Å²) in [6.07, 6.45) is 5.90. The molecule has 2 aromatic rings. The van der Waals surface area contributed by atoms with Crippen LogP contribution < -0.4 is 0 Å². The molecule has 1 aliphatic rings. The van der Waals surface area contributed by atoms with Crippen LogP contribution in [0, 0.1) is 6.92 Å². The molecule has 1 atom stereocenters. The Morgan fingerprint density at radius 1 is 1.23 bits per heavy atom. The van der Waals surface area contributed by atoms with Crippen LogP contribution in [0.1, 0.15) is 25.8 Å². The second-order valence-electron chi connectivity index (χ2n) is 6.03. The van der Waals surface area contributed by atoms with Gasteiger partial charge in [-0.3, -0.25) is 0 Å². The minimum absolute atomic E-state index is 0.457. The van der Waals surface area contributed by atoms with Gasteiger partial charge < -0.3 is 0 Å². The molecule has 0 spiro atoms. The van der Waals surface area contributed by atoms with E-state index in [0.29, 0.717) is 6.42 Å². The number of hydrogen-bond acceptors (Lipinski definition) is 2. The van der Waals surface area contributed by atoms with Gasteiger partial charge in [0.2, 0.25) is 10.0 Å². The van der Waals surface area contributed by atoms with Crippen LogP contribution in [0.15, 0.2) is 52.7 Å². The summed E-state index contributed by atoms with van der Waals surface area (Å²) in [5.74, 6) is 0. The molecule has 1 unspecified atom stereocenters. The first-order valence-corrected chi connectivity index (χ1v) is 9.37. The van der Waals surface area contributed by atoms with Crippen molar-refractivity contribution in [2.45, 2.75) is 31.9 Å². The lowest BCUT2D eigenvalue weighted by Gasteiger charge is -2.29. The van der Waals surface area contributed by atoms with E-state index in [2.05, 4.69) is 15.9 Å². The van der Waals surface area contributed by atoms with Crippen LogP contribution in [0.5, 0.6) is 0 Å². The highest BCUT2D eigenvalue weighted by Crippen LogP contribution is 2.37. The molecule has 0 bridgehead atoms. The normalized spacial score (nSPS) is 22.5. The van der Waals surface area contributed by atoms with E-state index in [1.54, 1.807) is 13.1 Å². The third-order valence-corrected chi connectivity index (χ3v) is 7.55. The number of benzene rings is 1. The summed E-state index contributed by atoms with van der Waals surface area (Å²) in [5.41, 5.74) is 2.68. The predicted molar refractivity (Wildman–Crippen MR) is 94.8 cm³/mol. The van der Waals surface area contributed by atoms with Crippen molar-refractivity contribution in [2.24, 2.45) is 0 Å². The molecule has 5 heteroatoms. The Balaban J connectivity index is 2.22. The van der Waals surface area contributed by atoms with Crippen molar-refractivity contribution in [1.82, 2.24) is 3.97 Å². The fourth-order valence-electron chi connectivity index (χ4n) is 2.98. The van der Waals surface area contributed by atoms with Gasteiger partial charge in [-0.05, 0) is 44.4 Å². The van der Waals surface area contributed by atoms with Gasteiger partial charge in [-0.25, -0.2) is 12.4 Å². The van der Waals surface area contributed by atoms with E-state index in [1.807, 2.05) is 50.3 Å². The van der Waals surface area contributed by atoms with Crippen molar-refractivity contribution in [3.05, 3.63) is 58.2 Å². The Bertz CT molecular complexity index is 921. The molecule has 0 amide bonds. The third-order valence-electron chi connectivity index (χ3n) is 4.31. The maximum absolute atomic E-state index is 13.3. The molecule has 0 saturated heterocycles. The third kappa shape index (κ3) is 2.18. The van der Waals surface area contributed by atoms with Crippen molar-refractivity contribution in [2.75, 3.05) is 0 Å². The quantitative estimate of drug-likeness (QED) is 0.769. The van der Waals surface area contributed by atoms with Gasteiger partial charge in [0.1, 0.15) is 4.75 Å². The van der Waals surface area contributed by atoms with E-state index < -0.39 is 14.8 Å². The molecule has 1 heterocycles. The summed E-state index contributed by atoms with van der Waals surface area (Å²) in [6, 6.07) is 7.68. The standard InChI is InChI=1S/C17H18BrNO2S/c1-12-5-4-6-14-8-10-19(16(12)14)22(20,21)17(3)9-7-15(18)13(2)11-17/h4-8,10-11H,9H2,1-3H3. The lowest BCUT2D eigenvalue weighted by Crippen LogP contribution is -2.38. The Kier molecular flexibility index (Phi) is 3.61. The molecule has 0 fully saturated rings. The maximum Gasteiger partial charge on any atom is 0.248 e. The first-order valence-electron chi connectivity index (χ1n) is 7.13. The first kappa shape index (κ1) is 15.6. The molecular weight excluding hydrogens is 362 g/mol. The Hall–Kier alpha value is -1.33. The van der Waals surface area contributed by atoms with Crippen LogP contribution >= 0.6 is 15.9 Å². The highest BCUT2D eigenvalue weighted by molar-refractivity contribution is 9.12. The van der Waals surface area contributed by atoms with Crippen LogP contribution in [0.4, 0.5) is 0 Å². The zero-order valence-electron chi connectivity index (χ0n) is 12.8. The molecule has 22 heavy (non-hydrogen) atoms. The second-order valence-corrected chi connectivity index (χ2v) is 9.16. The number of rotatable bonds is 2. The van der Waals surface area contributed by atoms with Gasteiger partial charge in [-0.2, -0.15) is 0 Å². The van der Waals surface area contributed by atoms with E-state index in [9.17, 15) is 8.42 Å². The molecule has 0 radical (unpaired) electrons. The molecule has 1 aromatic heterocycles. The largest absolute Gasteiger partial charge is 0.248 e. The van der Waals surface area contributed by atoms with E-state index in [1.165, 1.54) is 3.97 Å². The fourth-order valence-corrected chi connectivity index (χ4v) is 5.04. The van der Waals surface area contributed by atoms with E-state index in [-0.39, 0.29) is 0 Å². The van der Waals surface area contributed by atoms with Crippen LogP contribution in [-0.2, 0) is 10.0 Å². The summed E-state index contributed by atoms with van der Waals surface area (Å²) >= 11 is 3.46. The number of para-hydroxylation sites is 1. The average Bonchev–Trinajstić information content (AvgIpc) is 2.89. The molecular formula is C17H18BrNO2S. The SMILES string of the molecule is CC1=CC(C)(S(=O)(=O)n2ccc3cccc(C)c32)CC=C1Br. The summed E-state index contributed by atoms with van der Waals surface area (Å²) in [5, 5.41) is 0.945. The number of hydrogen-bond donors (Lipinski definition) is 0. The summed E-state index contributed by atoms with van der Waals surface area (Å²) in [6.45, 7) is 5.65. The number of halogens is 1. The maximum atomic E-state index is 13.3. The molecule has 3 rings (SSSR count). The van der Waals surface area contributed by atoms with Gasteiger partial charge >= 0.3 is 0 Å². The second kappa shape index (κ2) is 5.10. The summed E-state index contributed by atoms with van der Waals surface area (Å²) in [4.78, 5) is 0. The minimum atomic E-state index is -3.55. The molecule has 3 nitrogen and oxygen atoms in total. The van der Waals surface area contributed by atoms with Crippen molar-refractivity contribution >= 4 is 36.9 Å². The monoisotopic (exact) mass is 379 g/mol. The van der Waals surface area contributed by atoms with Crippen molar-refractivity contribution in [3.63, 3.8) is 0 Å². The van der Waals surface area contributed by atoms with Gasteiger partial charge in [0.25, 0.3) is 0 Å². The zero-order valence-corrected chi connectivity index (χ0v) is 15.2. The highest BCUT2D eigenvalue weighted by atomic mass is 79.9. The van der Waals surface area contributed by atoms with E-state index in [4.69, 9.17) is 0 Å². The Labute approximate surface area is 139 Å². The van der Waals surface area contributed by atoms with E-state index >= 15 is 0 Å². The van der Waals surface area contributed by atoms with Gasteiger partial charge in [0.15, 0.2) is 0 Å². The van der Waals surface area contributed by atoms with Crippen LogP contribution in [0.25, 0.3) is 10.9 Å². The highest BCUT2D eigenvalue weighted by Gasteiger charge is 2.40. The van der Waals surface area contributed by atoms with Crippen LogP contribution in [-0.4, -0.2) is 17.1 Å². The summed E-state index contributed by atoms with van der Waals surface area (Å²) in [7, 11) is -3.55. The number of aryl methyl sites for hydroxylation is 1. The lowest BCUT2D eigenvalue weighted by atomic mass is 9.98. The van der Waals surface area contributed by atoms with Gasteiger partial charge in [0, 0.05) is 16.1 Å². The molecule has 1 aliphatic carbocycles. The Morgan fingerprint density at radius 2 is 1.95 bits per heavy atom. The number of aromatic nitrogens is 1. The van der Waals surface area contributed by atoms with Gasteiger partial charge in [-0.15, -0.1) is 0 Å². The van der Waals surface area contributed by atoms with Crippen molar-refractivity contribution < 1.29 is 8.42 Å². The zero-order chi connectivity index (χ0) is 16.1. The molecule has 0 saturated carbocycles. The fraction of sp³-hybridized carbons (Fsp3) is 0.294. The predicted octanol–water partition coefficient (Wildman–Crippen LogP) is 4.52. The van der Waals surface area contributed by atoms with Gasteiger partial charge in [0.05, 0.1) is 5.52 Å².